The molecule has 0 aromatic heterocycles. The van der Waals surface area contributed by atoms with Crippen LogP contribution in [-0.4, -0.2) is 30.5 Å². The lowest BCUT2D eigenvalue weighted by molar-refractivity contribution is -0.156. The monoisotopic (exact) mass is 249 g/mol. The molecule has 0 aliphatic heterocycles. The minimum absolute atomic E-state index is 0.302. The lowest BCUT2D eigenvalue weighted by Crippen LogP contribution is -2.51. The molecule has 0 bridgehead atoms. The highest BCUT2D eigenvalue weighted by molar-refractivity contribution is 5.87. The third kappa shape index (κ3) is 3.11. The van der Waals surface area contributed by atoms with Crippen LogP contribution >= 0.6 is 0 Å². The largest absolute Gasteiger partial charge is 0.433 e. The Balaban J connectivity index is 2.94. The molecule has 0 aliphatic rings. The Morgan fingerprint density at radius 1 is 1.44 bits per heavy atom. The summed E-state index contributed by atoms with van der Waals surface area (Å²) in [5.74, 6) is -0.519. The number of carbonyl (C=O) groups excluding carboxylic acids is 1. The Hall–Kier alpha value is -1.81. The average Bonchev–Trinajstić information content (AvgIpc) is 2.38. The fourth-order valence-electron chi connectivity index (χ4n) is 1.42. The van der Waals surface area contributed by atoms with Crippen molar-refractivity contribution in [1.82, 2.24) is 0 Å². The zero-order valence-electron chi connectivity index (χ0n) is 11.0. The topological polar surface area (TPSA) is 49.8 Å². The van der Waals surface area contributed by atoms with Crippen LogP contribution in [0.4, 0.5) is 5.69 Å². The summed E-state index contributed by atoms with van der Waals surface area (Å²) in [4.78, 5) is 13.3. The van der Waals surface area contributed by atoms with Crippen molar-refractivity contribution >= 4 is 11.7 Å². The van der Waals surface area contributed by atoms with Gasteiger partial charge in [-0.05, 0) is 26.0 Å². The van der Waals surface area contributed by atoms with Crippen LogP contribution in [0.25, 0.3) is 0 Å². The van der Waals surface area contributed by atoms with Crippen molar-refractivity contribution in [3.05, 3.63) is 42.5 Å². The Morgan fingerprint density at radius 2 is 2.00 bits per heavy atom. The van der Waals surface area contributed by atoms with Gasteiger partial charge in [-0.25, -0.2) is 4.79 Å². The molecule has 1 aromatic rings. The third-order valence-corrected chi connectivity index (χ3v) is 2.81. The first-order valence-corrected chi connectivity index (χ1v) is 5.69. The van der Waals surface area contributed by atoms with Crippen molar-refractivity contribution in [3.8, 4) is 0 Å². The van der Waals surface area contributed by atoms with Crippen LogP contribution in [0.5, 0.6) is 0 Å². The molecule has 1 unspecified atom stereocenters. The van der Waals surface area contributed by atoms with Crippen molar-refractivity contribution < 1.29 is 14.6 Å². The van der Waals surface area contributed by atoms with Gasteiger partial charge in [0.2, 0.25) is 5.72 Å². The number of para-hydroxylation sites is 1. The number of esters is 1. The molecule has 0 spiro atoms. The maximum Gasteiger partial charge on any atom is 0.335 e. The lowest BCUT2D eigenvalue weighted by Gasteiger charge is -2.38. The van der Waals surface area contributed by atoms with Gasteiger partial charge in [0, 0.05) is 18.3 Å². The molecule has 1 rings (SSSR count). The predicted molar refractivity (Wildman–Crippen MR) is 71.2 cm³/mol. The molecular weight excluding hydrogens is 230 g/mol. The quantitative estimate of drug-likeness (QED) is 0.492. The van der Waals surface area contributed by atoms with Crippen LogP contribution in [0.1, 0.15) is 13.8 Å². The van der Waals surface area contributed by atoms with E-state index in [4.69, 9.17) is 4.74 Å². The van der Waals surface area contributed by atoms with Crippen LogP contribution < -0.4 is 4.90 Å². The summed E-state index contributed by atoms with van der Waals surface area (Å²) in [6, 6.07) is 9.41. The second-order valence-corrected chi connectivity index (χ2v) is 4.40. The van der Waals surface area contributed by atoms with Crippen LogP contribution in [0, 0.1) is 0 Å². The van der Waals surface area contributed by atoms with Gasteiger partial charge in [0.15, 0.2) is 0 Å². The highest BCUT2D eigenvalue weighted by atomic mass is 16.6. The average molecular weight is 249 g/mol. The maximum absolute atomic E-state index is 11.6. The Labute approximate surface area is 107 Å². The summed E-state index contributed by atoms with van der Waals surface area (Å²) in [5.41, 5.74) is 0.0388. The number of hydrogen-bond acceptors (Lipinski definition) is 4. The second kappa shape index (κ2) is 5.69. The van der Waals surface area contributed by atoms with E-state index < -0.39 is 11.7 Å². The zero-order valence-corrected chi connectivity index (χ0v) is 11.0. The molecule has 18 heavy (non-hydrogen) atoms. The maximum atomic E-state index is 11.6. The molecule has 4 nitrogen and oxygen atoms in total. The van der Waals surface area contributed by atoms with Crippen molar-refractivity contribution in [2.24, 2.45) is 0 Å². The molecule has 1 N–H and O–H groups in total. The van der Waals surface area contributed by atoms with Crippen LogP contribution in [-0.2, 0) is 9.53 Å². The summed E-state index contributed by atoms with van der Waals surface area (Å²) in [6.45, 7) is 6.45. The van der Waals surface area contributed by atoms with Crippen molar-refractivity contribution in [2.45, 2.75) is 19.6 Å². The Kier molecular flexibility index (Phi) is 4.50. The molecule has 0 aliphatic carbocycles. The van der Waals surface area contributed by atoms with Crippen molar-refractivity contribution in [2.75, 3.05) is 18.6 Å². The van der Waals surface area contributed by atoms with Crippen LogP contribution in [0.2, 0.25) is 0 Å². The number of anilines is 1. The molecule has 0 fully saturated rings. The molecule has 1 atom stereocenters. The first kappa shape index (κ1) is 14.3. The SMILES string of the molecule is C=C(C)C(=O)OC(C)(CO)N(C)c1ccccc1. The van der Waals surface area contributed by atoms with Gasteiger partial charge >= 0.3 is 5.97 Å². The van der Waals surface area contributed by atoms with Crippen molar-refractivity contribution in [3.63, 3.8) is 0 Å². The number of carbonyl (C=O) groups is 1. The van der Waals surface area contributed by atoms with Gasteiger partial charge in [0.25, 0.3) is 0 Å². The smallest absolute Gasteiger partial charge is 0.335 e. The normalized spacial score (nSPS) is 13.6. The van der Waals surface area contributed by atoms with E-state index in [0.717, 1.165) is 5.69 Å². The summed E-state index contributed by atoms with van der Waals surface area (Å²) < 4.78 is 5.30. The number of aliphatic hydroxyl groups is 1. The second-order valence-electron chi connectivity index (χ2n) is 4.40. The number of hydrogen-bond donors (Lipinski definition) is 1. The van der Waals surface area contributed by atoms with E-state index in [0.29, 0.717) is 5.57 Å². The number of rotatable bonds is 5. The standard InChI is InChI=1S/C14H19NO3/c1-11(2)13(17)18-14(3,10-16)15(4)12-8-6-5-7-9-12/h5-9,16H,1,10H2,2-4H3. The Bertz CT molecular complexity index is 430. The van der Waals surface area contributed by atoms with Crippen LogP contribution in [0.15, 0.2) is 42.5 Å². The van der Waals surface area contributed by atoms with E-state index in [1.807, 2.05) is 30.3 Å². The summed E-state index contributed by atoms with van der Waals surface area (Å²) in [6.07, 6.45) is 0. The van der Waals surface area contributed by atoms with Gasteiger partial charge in [-0.15, -0.1) is 0 Å². The number of benzene rings is 1. The minimum atomic E-state index is -1.11. The third-order valence-electron chi connectivity index (χ3n) is 2.81. The molecular formula is C14H19NO3. The molecule has 0 amide bonds. The first-order chi connectivity index (χ1) is 8.40. The summed E-state index contributed by atoms with van der Waals surface area (Å²) in [5, 5.41) is 9.50. The summed E-state index contributed by atoms with van der Waals surface area (Å²) in [7, 11) is 1.76. The van der Waals surface area contributed by atoms with Gasteiger partial charge < -0.3 is 14.7 Å². The first-order valence-electron chi connectivity index (χ1n) is 5.69. The zero-order chi connectivity index (χ0) is 13.8. The van der Waals surface area contributed by atoms with E-state index in [2.05, 4.69) is 6.58 Å². The lowest BCUT2D eigenvalue weighted by atomic mass is 10.2. The van der Waals surface area contributed by atoms with E-state index in [9.17, 15) is 9.90 Å². The van der Waals surface area contributed by atoms with E-state index >= 15 is 0 Å². The molecule has 0 saturated heterocycles. The van der Waals surface area contributed by atoms with E-state index in [-0.39, 0.29) is 6.61 Å². The fraction of sp³-hybridized carbons (Fsp3) is 0.357. The number of aliphatic hydroxyl groups excluding tert-OH is 1. The van der Waals surface area contributed by atoms with Gasteiger partial charge in [0.1, 0.15) is 6.61 Å². The van der Waals surface area contributed by atoms with E-state index in [1.165, 1.54) is 0 Å². The number of nitrogens with zero attached hydrogens (tertiary/aromatic N) is 1. The molecule has 98 valence electrons. The number of ether oxygens (including phenoxy) is 1. The molecule has 1 aromatic carbocycles. The molecule has 4 heteroatoms. The van der Waals surface area contributed by atoms with Gasteiger partial charge in [-0.2, -0.15) is 0 Å². The molecule has 0 heterocycles. The van der Waals surface area contributed by atoms with Crippen molar-refractivity contribution in [1.29, 1.82) is 0 Å². The number of likely N-dealkylation sites (N-methyl/N-ethyl adjacent to an activating group) is 1. The summed E-state index contributed by atoms with van der Waals surface area (Å²) >= 11 is 0. The van der Waals surface area contributed by atoms with Crippen LogP contribution in [0.3, 0.4) is 0 Å². The molecule has 0 saturated carbocycles. The van der Waals surface area contributed by atoms with E-state index in [1.54, 1.807) is 25.8 Å². The highest BCUT2D eigenvalue weighted by Crippen LogP contribution is 2.23. The predicted octanol–water partition coefficient (Wildman–Crippen LogP) is 1.95. The van der Waals surface area contributed by atoms with Gasteiger partial charge in [-0.1, -0.05) is 24.8 Å². The van der Waals surface area contributed by atoms with Gasteiger partial charge in [-0.3, -0.25) is 0 Å². The Morgan fingerprint density at radius 3 is 2.44 bits per heavy atom. The van der Waals surface area contributed by atoms with Gasteiger partial charge in [0.05, 0.1) is 0 Å². The fourth-order valence-corrected chi connectivity index (χ4v) is 1.42. The minimum Gasteiger partial charge on any atom is -0.433 e. The molecule has 0 radical (unpaired) electrons. The highest BCUT2D eigenvalue weighted by Gasteiger charge is 2.33.